The maximum absolute atomic E-state index is 14.3. The highest BCUT2D eigenvalue weighted by Crippen LogP contribution is 2.37. The smallest absolute Gasteiger partial charge is 0.261 e. The lowest BCUT2D eigenvalue weighted by molar-refractivity contribution is 0.439. The predicted molar refractivity (Wildman–Crippen MR) is 132 cm³/mol. The maximum Gasteiger partial charge on any atom is 0.261 e. The SMILES string of the molecule is Cc1ccc(S(=O)(=O)Nc2ccc(Oc3ccc(F)cc3F)c(-c3ccc4nnc(C)n4c3)c2)cc1. The third-order valence-corrected chi connectivity index (χ3v) is 6.96. The number of hydrogen-bond donors (Lipinski definition) is 1. The Morgan fingerprint density at radius 2 is 1.61 bits per heavy atom. The molecule has 0 radical (unpaired) electrons. The van der Waals surface area contributed by atoms with E-state index in [1.54, 1.807) is 47.9 Å². The van der Waals surface area contributed by atoms with Crippen molar-refractivity contribution in [3.63, 3.8) is 0 Å². The highest BCUT2D eigenvalue weighted by atomic mass is 32.2. The van der Waals surface area contributed by atoms with Gasteiger partial charge in [0.25, 0.3) is 10.0 Å². The fourth-order valence-electron chi connectivity index (χ4n) is 3.68. The van der Waals surface area contributed by atoms with Crippen molar-refractivity contribution in [1.82, 2.24) is 14.6 Å². The van der Waals surface area contributed by atoms with Gasteiger partial charge < -0.3 is 4.74 Å². The molecule has 0 fully saturated rings. The Labute approximate surface area is 206 Å². The number of halogens is 2. The number of fused-ring (bicyclic) bond motifs is 1. The molecule has 0 aliphatic rings. The summed E-state index contributed by atoms with van der Waals surface area (Å²) in [6.07, 6.45) is 1.77. The molecule has 0 aliphatic carbocycles. The molecule has 0 aliphatic heterocycles. The van der Waals surface area contributed by atoms with E-state index in [9.17, 15) is 17.2 Å². The topological polar surface area (TPSA) is 85.6 Å². The molecule has 5 aromatic rings. The van der Waals surface area contributed by atoms with Crippen molar-refractivity contribution in [1.29, 1.82) is 0 Å². The van der Waals surface area contributed by atoms with Gasteiger partial charge in [-0.05, 0) is 68.4 Å². The van der Waals surface area contributed by atoms with E-state index in [1.165, 1.54) is 30.3 Å². The second-order valence-corrected chi connectivity index (χ2v) is 9.88. The zero-order chi connectivity index (χ0) is 25.4. The van der Waals surface area contributed by atoms with Crippen LogP contribution in [0.4, 0.5) is 14.5 Å². The Balaban J connectivity index is 1.59. The molecule has 0 amide bonds. The van der Waals surface area contributed by atoms with Crippen LogP contribution >= 0.6 is 0 Å². The van der Waals surface area contributed by atoms with Crippen molar-refractivity contribution in [2.24, 2.45) is 0 Å². The Morgan fingerprint density at radius 1 is 0.861 bits per heavy atom. The van der Waals surface area contributed by atoms with Gasteiger partial charge in [-0.1, -0.05) is 17.7 Å². The Morgan fingerprint density at radius 3 is 2.36 bits per heavy atom. The predicted octanol–water partition coefficient (Wildman–Crippen LogP) is 5.88. The summed E-state index contributed by atoms with van der Waals surface area (Å²) in [5.74, 6) is -0.879. The number of nitrogens with one attached hydrogen (secondary N) is 1. The Kier molecular flexibility index (Phi) is 5.89. The molecule has 5 rings (SSSR count). The van der Waals surface area contributed by atoms with Crippen LogP contribution in [0, 0.1) is 25.5 Å². The van der Waals surface area contributed by atoms with Gasteiger partial charge in [-0.2, -0.15) is 0 Å². The van der Waals surface area contributed by atoms with E-state index in [-0.39, 0.29) is 22.1 Å². The summed E-state index contributed by atoms with van der Waals surface area (Å²) in [5.41, 5.74) is 2.94. The summed E-state index contributed by atoms with van der Waals surface area (Å²) in [7, 11) is -3.86. The molecule has 3 aromatic carbocycles. The van der Waals surface area contributed by atoms with E-state index >= 15 is 0 Å². The monoisotopic (exact) mass is 506 g/mol. The Hall–Kier alpha value is -4.31. The summed E-state index contributed by atoms with van der Waals surface area (Å²) in [6.45, 7) is 3.66. The molecule has 2 heterocycles. The number of aromatic nitrogens is 3. The first-order chi connectivity index (χ1) is 17.2. The van der Waals surface area contributed by atoms with Crippen LogP contribution in [-0.2, 0) is 10.0 Å². The van der Waals surface area contributed by atoms with Crippen molar-refractivity contribution in [3.05, 3.63) is 102 Å². The molecular weight excluding hydrogens is 486 g/mol. The van der Waals surface area contributed by atoms with Crippen LogP contribution in [0.15, 0.2) is 83.9 Å². The van der Waals surface area contributed by atoms with E-state index in [1.807, 2.05) is 6.92 Å². The average molecular weight is 507 g/mol. The van der Waals surface area contributed by atoms with Gasteiger partial charge in [0.15, 0.2) is 17.2 Å². The van der Waals surface area contributed by atoms with E-state index < -0.39 is 21.7 Å². The zero-order valence-corrected chi connectivity index (χ0v) is 20.1. The highest BCUT2D eigenvalue weighted by Gasteiger charge is 2.18. The summed E-state index contributed by atoms with van der Waals surface area (Å²) in [6, 6.07) is 17.6. The number of rotatable bonds is 6. The number of hydrogen-bond acceptors (Lipinski definition) is 5. The third-order valence-electron chi connectivity index (χ3n) is 5.56. The molecule has 36 heavy (non-hydrogen) atoms. The number of nitrogens with zero attached hydrogens (tertiary/aromatic N) is 3. The molecule has 1 N–H and O–H groups in total. The molecule has 0 saturated heterocycles. The van der Waals surface area contributed by atoms with Crippen LogP contribution in [-0.4, -0.2) is 23.0 Å². The summed E-state index contributed by atoms with van der Waals surface area (Å²) in [4.78, 5) is 0.116. The third kappa shape index (κ3) is 4.63. The van der Waals surface area contributed by atoms with Gasteiger partial charge in [0.1, 0.15) is 17.4 Å². The lowest BCUT2D eigenvalue weighted by Gasteiger charge is -2.15. The number of sulfonamides is 1. The minimum atomic E-state index is -3.86. The van der Waals surface area contributed by atoms with Crippen LogP contribution in [0.1, 0.15) is 11.4 Å². The highest BCUT2D eigenvalue weighted by molar-refractivity contribution is 7.92. The first kappa shape index (κ1) is 23.4. The van der Waals surface area contributed by atoms with Crippen molar-refractivity contribution < 1.29 is 21.9 Å². The molecule has 0 unspecified atom stereocenters. The minimum absolute atomic E-state index is 0.116. The first-order valence-electron chi connectivity index (χ1n) is 10.9. The van der Waals surface area contributed by atoms with Gasteiger partial charge in [0, 0.05) is 29.1 Å². The number of ether oxygens (including phenoxy) is 1. The minimum Gasteiger partial charge on any atom is -0.454 e. The van der Waals surface area contributed by atoms with E-state index in [0.29, 0.717) is 22.6 Å². The van der Waals surface area contributed by atoms with Gasteiger partial charge in [-0.25, -0.2) is 17.2 Å². The number of benzene rings is 3. The van der Waals surface area contributed by atoms with Crippen LogP contribution in [0.25, 0.3) is 16.8 Å². The molecule has 0 spiro atoms. The van der Waals surface area contributed by atoms with E-state index in [0.717, 1.165) is 17.7 Å². The summed E-state index contributed by atoms with van der Waals surface area (Å²) in [5, 5.41) is 8.12. The molecule has 0 atom stereocenters. The molecule has 0 bridgehead atoms. The summed E-state index contributed by atoms with van der Waals surface area (Å²) < 4.78 is 63.8. The van der Waals surface area contributed by atoms with Crippen molar-refractivity contribution in [2.75, 3.05) is 4.72 Å². The van der Waals surface area contributed by atoms with Crippen LogP contribution < -0.4 is 9.46 Å². The number of anilines is 1. The van der Waals surface area contributed by atoms with Crippen LogP contribution in [0.2, 0.25) is 0 Å². The van der Waals surface area contributed by atoms with Gasteiger partial charge in [-0.3, -0.25) is 9.12 Å². The Bertz CT molecular complexity index is 1700. The lowest BCUT2D eigenvalue weighted by atomic mass is 10.1. The maximum atomic E-state index is 14.3. The van der Waals surface area contributed by atoms with Crippen molar-refractivity contribution in [2.45, 2.75) is 18.7 Å². The fraction of sp³-hybridized carbons (Fsp3) is 0.0769. The van der Waals surface area contributed by atoms with Gasteiger partial charge in [0.05, 0.1) is 4.90 Å². The summed E-state index contributed by atoms with van der Waals surface area (Å²) >= 11 is 0. The average Bonchev–Trinajstić information content (AvgIpc) is 3.22. The zero-order valence-electron chi connectivity index (χ0n) is 19.2. The van der Waals surface area contributed by atoms with Gasteiger partial charge >= 0.3 is 0 Å². The molecule has 182 valence electrons. The van der Waals surface area contributed by atoms with Crippen molar-refractivity contribution >= 4 is 21.4 Å². The lowest BCUT2D eigenvalue weighted by Crippen LogP contribution is -2.13. The van der Waals surface area contributed by atoms with Gasteiger partial charge in [0.2, 0.25) is 0 Å². The first-order valence-corrected chi connectivity index (χ1v) is 12.4. The second-order valence-electron chi connectivity index (χ2n) is 8.20. The fourth-order valence-corrected chi connectivity index (χ4v) is 4.73. The normalized spacial score (nSPS) is 11.6. The van der Waals surface area contributed by atoms with E-state index in [4.69, 9.17) is 4.74 Å². The second kappa shape index (κ2) is 9.04. The molecule has 0 saturated carbocycles. The van der Waals surface area contributed by atoms with Gasteiger partial charge in [-0.15, -0.1) is 10.2 Å². The molecular formula is C26H20F2N4O3S. The van der Waals surface area contributed by atoms with E-state index in [2.05, 4.69) is 14.9 Å². The van der Waals surface area contributed by atoms with Crippen molar-refractivity contribution in [3.8, 4) is 22.6 Å². The quantitative estimate of drug-likeness (QED) is 0.311. The van der Waals surface area contributed by atoms with Crippen LogP contribution in [0.3, 0.4) is 0 Å². The molecule has 7 nitrogen and oxygen atoms in total. The number of aryl methyl sites for hydroxylation is 2. The largest absolute Gasteiger partial charge is 0.454 e. The number of pyridine rings is 1. The van der Waals surface area contributed by atoms with Crippen LogP contribution in [0.5, 0.6) is 11.5 Å². The molecule has 2 aromatic heterocycles. The standard InChI is InChI=1S/C26H20F2N4O3S/c1-16-3-8-21(9-4-16)36(33,34)31-20-7-11-24(35-25-10-6-19(27)13-23(25)28)22(14-20)18-5-12-26-30-29-17(2)32(26)15-18/h3-15,31H,1-2H3. The molecule has 10 heteroatoms.